The zero-order valence-electron chi connectivity index (χ0n) is 10.7. The van der Waals surface area contributed by atoms with Crippen LogP contribution < -0.4 is 5.32 Å². The third-order valence-electron chi connectivity index (χ3n) is 2.84. The second-order valence-corrected chi connectivity index (χ2v) is 4.83. The van der Waals surface area contributed by atoms with Crippen molar-refractivity contribution in [2.24, 2.45) is 7.05 Å². The van der Waals surface area contributed by atoms with E-state index in [2.05, 4.69) is 23.4 Å². The maximum atomic E-state index is 6.07. The molecule has 2 rings (SSSR count). The Morgan fingerprint density at radius 1 is 1.39 bits per heavy atom. The van der Waals surface area contributed by atoms with Crippen LogP contribution in [0, 0.1) is 0 Å². The molecule has 3 nitrogen and oxygen atoms in total. The van der Waals surface area contributed by atoms with Crippen molar-refractivity contribution in [3.8, 4) is 0 Å². The zero-order valence-corrected chi connectivity index (χ0v) is 11.5. The van der Waals surface area contributed by atoms with Gasteiger partial charge in [0.2, 0.25) is 0 Å². The molecule has 1 heterocycles. The first-order chi connectivity index (χ1) is 8.70. The van der Waals surface area contributed by atoms with Crippen LogP contribution in [0.3, 0.4) is 0 Å². The number of hydrogen-bond donors (Lipinski definition) is 1. The van der Waals surface area contributed by atoms with Gasteiger partial charge in [0.15, 0.2) is 0 Å². The second kappa shape index (κ2) is 6.03. The molecule has 96 valence electrons. The third kappa shape index (κ3) is 3.12. The quantitative estimate of drug-likeness (QED) is 0.898. The van der Waals surface area contributed by atoms with Gasteiger partial charge in [0.05, 0.1) is 12.2 Å². The third-order valence-corrected chi connectivity index (χ3v) is 3.07. The minimum absolute atomic E-state index is 0.150. The topological polar surface area (TPSA) is 29.9 Å². The Kier molecular flexibility index (Phi) is 4.39. The van der Waals surface area contributed by atoms with Crippen molar-refractivity contribution in [3.05, 3.63) is 52.8 Å². The van der Waals surface area contributed by atoms with Gasteiger partial charge in [0.25, 0.3) is 0 Å². The summed E-state index contributed by atoms with van der Waals surface area (Å²) in [4.78, 5) is 0. The van der Waals surface area contributed by atoms with Gasteiger partial charge in [-0.1, -0.05) is 30.7 Å². The molecule has 0 bridgehead atoms. The van der Waals surface area contributed by atoms with E-state index in [1.165, 1.54) is 5.56 Å². The molecule has 0 radical (unpaired) electrons. The van der Waals surface area contributed by atoms with Gasteiger partial charge in [-0.15, -0.1) is 0 Å². The highest BCUT2D eigenvalue weighted by molar-refractivity contribution is 6.30. The van der Waals surface area contributed by atoms with Crippen LogP contribution in [0.25, 0.3) is 0 Å². The summed E-state index contributed by atoms with van der Waals surface area (Å²) in [6, 6.07) is 8.12. The van der Waals surface area contributed by atoms with Crippen molar-refractivity contribution in [2.75, 3.05) is 6.54 Å². The maximum Gasteiger partial charge on any atom is 0.0608 e. The highest BCUT2D eigenvalue weighted by Crippen LogP contribution is 2.23. The first kappa shape index (κ1) is 13.1. The van der Waals surface area contributed by atoms with Crippen LogP contribution in [0.15, 0.2) is 36.7 Å². The van der Waals surface area contributed by atoms with Crippen molar-refractivity contribution in [1.29, 1.82) is 0 Å². The highest BCUT2D eigenvalue weighted by atomic mass is 35.5. The first-order valence-electron chi connectivity index (χ1n) is 6.18. The molecule has 0 amide bonds. The second-order valence-electron chi connectivity index (χ2n) is 4.39. The van der Waals surface area contributed by atoms with Crippen LogP contribution in [-0.2, 0) is 7.05 Å². The van der Waals surface area contributed by atoms with E-state index in [0.717, 1.165) is 23.6 Å². The molecule has 2 aromatic rings. The normalized spacial score (nSPS) is 12.6. The van der Waals surface area contributed by atoms with Gasteiger partial charge < -0.3 is 5.32 Å². The smallest absolute Gasteiger partial charge is 0.0608 e. The van der Waals surface area contributed by atoms with Crippen molar-refractivity contribution in [1.82, 2.24) is 15.1 Å². The van der Waals surface area contributed by atoms with Crippen LogP contribution in [-0.4, -0.2) is 16.3 Å². The summed E-state index contributed by atoms with van der Waals surface area (Å²) >= 11 is 6.07. The summed E-state index contributed by atoms with van der Waals surface area (Å²) in [5.74, 6) is 0. The average Bonchev–Trinajstić information content (AvgIpc) is 2.76. The lowest BCUT2D eigenvalue weighted by Crippen LogP contribution is -2.22. The average molecular weight is 264 g/mol. The summed E-state index contributed by atoms with van der Waals surface area (Å²) in [7, 11) is 1.93. The minimum atomic E-state index is 0.150. The Morgan fingerprint density at radius 2 is 2.22 bits per heavy atom. The number of benzene rings is 1. The fraction of sp³-hybridized carbons (Fsp3) is 0.357. The summed E-state index contributed by atoms with van der Waals surface area (Å²) in [6.07, 6.45) is 5.03. The molecule has 1 atom stereocenters. The Morgan fingerprint density at radius 3 is 2.83 bits per heavy atom. The molecular formula is C14H18ClN3. The molecule has 4 heteroatoms. The molecule has 1 aromatic heterocycles. The summed E-state index contributed by atoms with van der Waals surface area (Å²) in [5.41, 5.74) is 2.33. The standard InChI is InChI=1S/C14H18ClN3/c1-3-7-16-14(12-9-17-18(2)10-12)11-5-4-6-13(15)8-11/h4-6,8-10,14,16H,3,7H2,1-2H3. The van der Waals surface area contributed by atoms with Crippen LogP contribution in [0.5, 0.6) is 0 Å². The summed E-state index contributed by atoms with van der Waals surface area (Å²) in [5, 5.41) is 8.53. The molecule has 1 aromatic carbocycles. The predicted octanol–water partition coefficient (Wildman–Crippen LogP) is 3.16. The van der Waals surface area contributed by atoms with Crippen LogP contribution in [0.2, 0.25) is 5.02 Å². The van der Waals surface area contributed by atoms with E-state index >= 15 is 0 Å². The monoisotopic (exact) mass is 263 g/mol. The fourth-order valence-electron chi connectivity index (χ4n) is 1.99. The van der Waals surface area contributed by atoms with Gasteiger partial charge in [0, 0.05) is 23.8 Å². The molecule has 1 unspecified atom stereocenters. The van der Waals surface area contributed by atoms with Gasteiger partial charge in [-0.05, 0) is 30.7 Å². The summed E-state index contributed by atoms with van der Waals surface area (Å²) < 4.78 is 1.82. The molecular weight excluding hydrogens is 246 g/mol. The largest absolute Gasteiger partial charge is 0.306 e. The molecule has 0 fully saturated rings. The lowest BCUT2D eigenvalue weighted by atomic mass is 10.0. The number of aryl methyl sites for hydroxylation is 1. The van der Waals surface area contributed by atoms with Gasteiger partial charge in [0.1, 0.15) is 0 Å². The van der Waals surface area contributed by atoms with E-state index < -0.39 is 0 Å². The number of nitrogens with zero attached hydrogens (tertiary/aromatic N) is 2. The molecule has 0 saturated carbocycles. The SMILES string of the molecule is CCCNC(c1cccc(Cl)c1)c1cnn(C)c1. The molecule has 18 heavy (non-hydrogen) atoms. The zero-order chi connectivity index (χ0) is 13.0. The Bertz CT molecular complexity index is 507. The van der Waals surface area contributed by atoms with Gasteiger partial charge >= 0.3 is 0 Å². The molecule has 0 saturated heterocycles. The van der Waals surface area contributed by atoms with E-state index in [9.17, 15) is 0 Å². The number of rotatable bonds is 5. The first-order valence-corrected chi connectivity index (χ1v) is 6.56. The van der Waals surface area contributed by atoms with Gasteiger partial charge in [-0.2, -0.15) is 5.10 Å². The summed E-state index contributed by atoms with van der Waals surface area (Å²) in [6.45, 7) is 3.12. The molecule has 0 aliphatic heterocycles. The lowest BCUT2D eigenvalue weighted by Gasteiger charge is -2.17. The van der Waals surface area contributed by atoms with Gasteiger partial charge in [-0.25, -0.2) is 0 Å². The molecule has 0 aliphatic carbocycles. The predicted molar refractivity (Wildman–Crippen MR) is 74.8 cm³/mol. The molecule has 1 N–H and O–H groups in total. The van der Waals surface area contributed by atoms with E-state index in [0.29, 0.717) is 0 Å². The Hall–Kier alpha value is -1.32. The fourth-order valence-corrected chi connectivity index (χ4v) is 2.19. The van der Waals surface area contributed by atoms with Crippen molar-refractivity contribution < 1.29 is 0 Å². The van der Waals surface area contributed by atoms with E-state index in [4.69, 9.17) is 11.6 Å². The Labute approximate surface area is 113 Å². The number of aromatic nitrogens is 2. The van der Waals surface area contributed by atoms with E-state index in [1.54, 1.807) is 0 Å². The van der Waals surface area contributed by atoms with Crippen LogP contribution >= 0.6 is 11.6 Å². The number of halogens is 1. The Balaban J connectivity index is 2.30. The minimum Gasteiger partial charge on any atom is -0.306 e. The van der Waals surface area contributed by atoms with Crippen LogP contribution in [0.1, 0.15) is 30.5 Å². The lowest BCUT2D eigenvalue weighted by molar-refractivity contribution is 0.598. The van der Waals surface area contributed by atoms with Crippen molar-refractivity contribution in [3.63, 3.8) is 0 Å². The van der Waals surface area contributed by atoms with Crippen molar-refractivity contribution in [2.45, 2.75) is 19.4 Å². The van der Waals surface area contributed by atoms with Crippen LogP contribution in [0.4, 0.5) is 0 Å². The van der Waals surface area contributed by atoms with E-state index in [-0.39, 0.29) is 6.04 Å². The molecule has 0 aliphatic rings. The number of hydrogen-bond acceptors (Lipinski definition) is 2. The van der Waals surface area contributed by atoms with Crippen molar-refractivity contribution >= 4 is 11.6 Å². The van der Waals surface area contributed by atoms with E-state index in [1.807, 2.05) is 42.3 Å². The maximum absolute atomic E-state index is 6.07. The highest BCUT2D eigenvalue weighted by Gasteiger charge is 2.14. The molecule has 0 spiro atoms. The number of nitrogens with one attached hydrogen (secondary N) is 1. The van der Waals surface area contributed by atoms with Gasteiger partial charge in [-0.3, -0.25) is 4.68 Å².